The first-order valence-corrected chi connectivity index (χ1v) is 14.4. The molecule has 1 aliphatic heterocycles. The van der Waals surface area contributed by atoms with Crippen molar-refractivity contribution >= 4 is 55.7 Å². The molecule has 0 saturated carbocycles. The van der Waals surface area contributed by atoms with Gasteiger partial charge in [0.05, 0.1) is 35.0 Å². The lowest BCUT2D eigenvalue weighted by molar-refractivity contribution is -0.132. The Morgan fingerprint density at radius 1 is 1.00 bits per heavy atom. The fourth-order valence-electron chi connectivity index (χ4n) is 4.68. The summed E-state index contributed by atoms with van der Waals surface area (Å²) in [5.41, 5.74) is 1.65. The lowest BCUT2D eigenvalue weighted by Gasteiger charge is -2.23. The minimum atomic E-state index is -0.915. The number of aliphatic hydroxyl groups excluding tert-OH is 1. The summed E-state index contributed by atoms with van der Waals surface area (Å²) in [5, 5.41) is 12.2. The van der Waals surface area contributed by atoms with Crippen LogP contribution in [0.5, 0.6) is 11.5 Å². The molecule has 1 unspecified atom stereocenters. The second-order valence-corrected chi connectivity index (χ2v) is 10.8. The van der Waals surface area contributed by atoms with Crippen LogP contribution in [0.25, 0.3) is 16.0 Å². The van der Waals surface area contributed by atoms with Gasteiger partial charge in [-0.2, -0.15) is 0 Å². The molecule has 0 radical (unpaired) electrons. The maximum absolute atomic E-state index is 13.6. The minimum Gasteiger partial charge on any atom is -0.507 e. The number of aromatic nitrogens is 1. The second kappa shape index (κ2) is 12.1. The predicted molar refractivity (Wildman–Crippen MR) is 158 cm³/mol. The highest BCUT2D eigenvalue weighted by Crippen LogP contribution is 2.45. The van der Waals surface area contributed by atoms with Crippen LogP contribution in [-0.2, 0) is 9.59 Å². The van der Waals surface area contributed by atoms with Crippen LogP contribution in [0, 0.1) is 0 Å². The molecule has 0 bridgehead atoms. The summed E-state index contributed by atoms with van der Waals surface area (Å²) in [6.45, 7) is 5.11. The van der Waals surface area contributed by atoms with Crippen LogP contribution < -0.4 is 14.4 Å². The molecule has 1 aliphatic rings. The van der Waals surface area contributed by atoms with Crippen molar-refractivity contribution in [3.05, 3.63) is 88.5 Å². The lowest BCUT2D eigenvalue weighted by atomic mass is 9.95. The quantitative estimate of drug-likeness (QED) is 0.0907. The normalized spacial score (nSPS) is 16.6. The van der Waals surface area contributed by atoms with E-state index in [0.29, 0.717) is 51.5 Å². The summed E-state index contributed by atoms with van der Waals surface area (Å²) in [6, 6.07) is 18.4. The van der Waals surface area contributed by atoms with E-state index in [4.69, 9.17) is 26.1 Å². The van der Waals surface area contributed by atoms with Gasteiger partial charge in [-0.3, -0.25) is 14.5 Å². The lowest BCUT2D eigenvalue weighted by Crippen LogP contribution is -2.29. The van der Waals surface area contributed by atoms with Crippen LogP contribution in [0.15, 0.2) is 72.3 Å². The van der Waals surface area contributed by atoms with Gasteiger partial charge in [-0.1, -0.05) is 54.8 Å². The smallest absolute Gasteiger partial charge is 0.301 e. The zero-order valence-electron chi connectivity index (χ0n) is 22.2. The number of Topliss-reactive ketones (excluding diaryl/α,β-unsaturated/α-hetero) is 1. The van der Waals surface area contributed by atoms with Crippen LogP contribution in [0.1, 0.15) is 50.3 Å². The summed E-state index contributed by atoms with van der Waals surface area (Å²) < 4.78 is 12.4. The van der Waals surface area contributed by atoms with Crippen LogP contribution in [0.2, 0.25) is 5.02 Å². The first kappa shape index (κ1) is 27.7. The number of thiazole rings is 1. The van der Waals surface area contributed by atoms with E-state index in [1.165, 1.54) is 16.2 Å². The summed E-state index contributed by atoms with van der Waals surface area (Å²) in [5.74, 6) is -0.521. The second-order valence-electron chi connectivity index (χ2n) is 9.36. The standard InChI is InChI=1S/C31H29ClN2O5S/c1-3-5-6-16-39-22-9-7-8-20(17-22)27-26(28(35)19-10-12-21(32)13-11-19)29(36)30(37)34(27)31-33-24-15-14-23(38-4-2)18-25(24)40-31/h7-15,17-18,27,35H,3-6,16H2,1-2H3. The number of amides is 1. The van der Waals surface area contributed by atoms with Crippen molar-refractivity contribution in [1.82, 2.24) is 4.98 Å². The van der Waals surface area contributed by atoms with Crippen LogP contribution in [-0.4, -0.2) is 35.0 Å². The molecule has 7 nitrogen and oxygen atoms in total. The van der Waals surface area contributed by atoms with Crippen LogP contribution >= 0.6 is 22.9 Å². The molecule has 206 valence electrons. The van der Waals surface area contributed by atoms with E-state index in [1.807, 2.05) is 49.4 Å². The molecular formula is C31H29ClN2O5S. The number of ether oxygens (including phenoxy) is 2. The maximum Gasteiger partial charge on any atom is 0.301 e. The topological polar surface area (TPSA) is 89.0 Å². The van der Waals surface area contributed by atoms with E-state index < -0.39 is 17.7 Å². The fraction of sp³-hybridized carbons (Fsp3) is 0.258. The number of anilines is 1. The Morgan fingerprint density at radius 2 is 1.77 bits per heavy atom. The summed E-state index contributed by atoms with van der Waals surface area (Å²) >= 11 is 7.33. The first-order valence-electron chi connectivity index (χ1n) is 13.2. The molecule has 5 rings (SSSR count). The van der Waals surface area contributed by atoms with E-state index in [-0.39, 0.29) is 11.3 Å². The molecule has 40 heavy (non-hydrogen) atoms. The molecule has 1 saturated heterocycles. The van der Waals surface area contributed by atoms with E-state index >= 15 is 0 Å². The fourth-order valence-corrected chi connectivity index (χ4v) is 5.82. The highest BCUT2D eigenvalue weighted by molar-refractivity contribution is 7.22. The Balaban J connectivity index is 1.63. The van der Waals surface area contributed by atoms with Crippen molar-refractivity contribution in [2.45, 2.75) is 39.2 Å². The van der Waals surface area contributed by atoms with Crippen molar-refractivity contribution in [1.29, 1.82) is 0 Å². The van der Waals surface area contributed by atoms with Gasteiger partial charge in [-0.15, -0.1) is 0 Å². The molecule has 1 amide bonds. The molecule has 0 spiro atoms. The number of carbonyl (C=O) groups is 2. The maximum atomic E-state index is 13.6. The zero-order chi connectivity index (χ0) is 28.2. The highest BCUT2D eigenvalue weighted by Gasteiger charge is 2.48. The number of hydrogen-bond acceptors (Lipinski definition) is 7. The summed E-state index contributed by atoms with van der Waals surface area (Å²) in [6.07, 6.45) is 3.06. The van der Waals surface area contributed by atoms with Crippen molar-refractivity contribution in [3.8, 4) is 11.5 Å². The number of unbranched alkanes of at least 4 members (excludes halogenated alkanes) is 2. The molecule has 2 heterocycles. The number of halogens is 1. The SMILES string of the molecule is CCCCCOc1cccc(C2C(=C(O)c3ccc(Cl)cc3)C(=O)C(=O)N2c2nc3ccc(OCC)cc3s2)c1. The number of aliphatic hydroxyl groups is 1. The van der Waals surface area contributed by atoms with Crippen molar-refractivity contribution in [2.75, 3.05) is 18.1 Å². The monoisotopic (exact) mass is 576 g/mol. The number of carbonyl (C=O) groups excluding carboxylic acids is 2. The molecule has 9 heteroatoms. The van der Waals surface area contributed by atoms with E-state index in [1.54, 1.807) is 24.3 Å². The number of benzene rings is 3. The number of hydrogen-bond donors (Lipinski definition) is 1. The number of fused-ring (bicyclic) bond motifs is 1. The Morgan fingerprint density at radius 3 is 2.52 bits per heavy atom. The van der Waals surface area contributed by atoms with Crippen LogP contribution in [0.4, 0.5) is 5.13 Å². The van der Waals surface area contributed by atoms with E-state index in [0.717, 1.165) is 24.0 Å². The average Bonchev–Trinajstić information content (AvgIpc) is 3.49. The predicted octanol–water partition coefficient (Wildman–Crippen LogP) is 7.54. The van der Waals surface area contributed by atoms with Crippen LogP contribution in [0.3, 0.4) is 0 Å². The van der Waals surface area contributed by atoms with Crippen molar-refractivity contribution in [3.63, 3.8) is 0 Å². The van der Waals surface area contributed by atoms with Gasteiger partial charge in [-0.25, -0.2) is 4.98 Å². The molecule has 1 N–H and O–H groups in total. The van der Waals surface area contributed by atoms with Crippen molar-refractivity contribution < 1.29 is 24.2 Å². The summed E-state index contributed by atoms with van der Waals surface area (Å²) in [4.78, 5) is 33.2. The molecule has 1 aromatic heterocycles. The Hall–Kier alpha value is -3.88. The minimum absolute atomic E-state index is 0.0234. The summed E-state index contributed by atoms with van der Waals surface area (Å²) in [7, 11) is 0. The Kier molecular flexibility index (Phi) is 8.38. The Labute approximate surface area is 241 Å². The van der Waals surface area contributed by atoms with Gasteiger partial charge in [0.2, 0.25) is 0 Å². The largest absolute Gasteiger partial charge is 0.507 e. The molecule has 1 atom stereocenters. The van der Waals surface area contributed by atoms with E-state index in [9.17, 15) is 14.7 Å². The third kappa shape index (κ3) is 5.55. The van der Waals surface area contributed by atoms with Gasteiger partial charge in [0.1, 0.15) is 17.3 Å². The third-order valence-corrected chi connectivity index (χ3v) is 7.89. The first-order chi connectivity index (χ1) is 19.4. The highest BCUT2D eigenvalue weighted by atomic mass is 35.5. The van der Waals surface area contributed by atoms with Gasteiger partial charge < -0.3 is 14.6 Å². The Bertz CT molecular complexity index is 1580. The average molecular weight is 577 g/mol. The van der Waals surface area contributed by atoms with E-state index in [2.05, 4.69) is 6.92 Å². The third-order valence-electron chi connectivity index (χ3n) is 6.62. The molecule has 1 fully saturated rings. The molecule has 0 aliphatic carbocycles. The zero-order valence-corrected chi connectivity index (χ0v) is 23.8. The number of ketones is 1. The molecular weight excluding hydrogens is 548 g/mol. The molecule has 4 aromatic rings. The van der Waals surface area contributed by atoms with Gasteiger partial charge in [0.25, 0.3) is 5.78 Å². The van der Waals surface area contributed by atoms with Gasteiger partial charge in [0, 0.05) is 10.6 Å². The number of rotatable bonds is 10. The van der Waals surface area contributed by atoms with Gasteiger partial charge >= 0.3 is 5.91 Å². The van der Waals surface area contributed by atoms with Gasteiger partial charge in [0.15, 0.2) is 5.13 Å². The number of nitrogens with zero attached hydrogens (tertiary/aromatic N) is 2. The van der Waals surface area contributed by atoms with Gasteiger partial charge in [-0.05, 0) is 73.5 Å². The molecule has 3 aromatic carbocycles. The van der Waals surface area contributed by atoms with Crippen molar-refractivity contribution in [2.24, 2.45) is 0 Å².